The SMILES string of the molecule is [B]c1ccc2c(c1)C(C)(CC(C)C)C(=O)N2. The molecule has 2 radical (unpaired) electrons. The number of carbonyl (C=O) groups excluding carboxylic acids is 1. The molecular weight excluding hydrogens is 197 g/mol. The molecule has 1 heterocycles. The zero-order valence-corrected chi connectivity index (χ0v) is 10.0. The number of hydrogen-bond donors (Lipinski definition) is 1. The predicted octanol–water partition coefficient (Wildman–Crippen LogP) is 1.74. The van der Waals surface area contributed by atoms with Crippen LogP contribution in [-0.4, -0.2) is 13.8 Å². The van der Waals surface area contributed by atoms with Gasteiger partial charge in [-0.25, -0.2) is 0 Å². The van der Waals surface area contributed by atoms with Crippen LogP contribution in [0.15, 0.2) is 18.2 Å². The standard InChI is InChI=1S/C13H16BNO/c1-8(2)7-13(3)10-6-9(14)4-5-11(10)15-12(13)16/h4-6,8H,7H2,1-3H3,(H,15,16). The Balaban J connectivity index is 2.49. The van der Waals surface area contributed by atoms with Gasteiger partial charge in [0, 0.05) is 5.69 Å². The lowest BCUT2D eigenvalue weighted by Gasteiger charge is -2.24. The molecule has 0 aromatic heterocycles. The summed E-state index contributed by atoms with van der Waals surface area (Å²) in [4.78, 5) is 12.0. The summed E-state index contributed by atoms with van der Waals surface area (Å²) in [6.07, 6.45) is 0.843. The van der Waals surface area contributed by atoms with Gasteiger partial charge in [0.2, 0.25) is 5.91 Å². The van der Waals surface area contributed by atoms with Crippen molar-refractivity contribution in [1.29, 1.82) is 0 Å². The van der Waals surface area contributed by atoms with E-state index in [1.807, 2.05) is 25.1 Å². The summed E-state index contributed by atoms with van der Waals surface area (Å²) < 4.78 is 0. The van der Waals surface area contributed by atoms with Gasteiger partial charge in [-0.2, -0.15) is 0 Å². The van der Waals surface area contributed by atoms with E-state index in [0.29, 0.717) is 11.4 Å². The summed E-state index contributed by atoms with van der Waals surface area (Å²) in [6, 6.07) is 5.62. The second kappa shape index (κ2) is 3.65. The van der Waals surface area contributed by atoms with Crippen LogP contribution >= 0.6 is 0 Å². The molecule has 0 fully saturated rings. The van der Waals surface area contributed by atoms with E-state index in [-0.39, 0.29) is 5.91 Å². The molecule has 16 heavy (non-hydrogen) atoms. The van der Waals surface area contributed by atoms with Crippen molar-refractivity contribution >= 4 is 24.9 Å². The van der Waals surface area contributed by atoms with E-state index >= 15 is 0 Å². The Kier molecular flexibility index (Phi) is 2.57. The first kappa shape index (κ1) is 11.2. The highest BCUT2D eigenvalue weighted by molar-refractivity contribution is 6.32. The molecule has 2 nitrogen and oxygen atoms in total. The van der Waals surface area contributed by atoms with Crippen molar-refractivity contribution < 1.29 is 4.79 Å². The molecule has 1 aliphatic heterocycles. The van der Waals surface area contributed by atoms with E-state index < -0.39 is 5.41 Å². The number of fused-ring (bicyclic) bond motifs is 1. The maximum absolute atomic E-state index is 12.0. The number of nitrogens with one attached hydrogen (secondary N) is 1. The Labute approximate surface area is 97.8 Å². The largest absolute Gasteiger partial charge is 0.325 e. The topological polar surface area (TPSA) is 29.1 Å². The van der Waals surface area contributed by atoms with Gasteiger partial charge in [-0.1, -0.05) is 31.4 Å². The van der Waals surface area contributed by atoms with Crippen molar-refractivity contribution in [3.8, 4) is 0 Å². The van der Waals surface area contributed by atoms with Crippen molar-refractivity contribution in [2.24, 2.45) is 5.92 Å². The van der Waals surface area contributed by atoms with E-state index in [2.05, 4.69) is 19.2 Å². The van der Waals surface area contributed by atoms with Crippen LogP contribution in [-0.2, 0) is 10.2 Å². The van der Waals surface area contributed by atoms with Crippen LogP contribution in [0.2, 0.25) is 0 Å². The Bertz CT molecular complexity index is 442. The molecule has 1 aromatic rings. The van der Waals surface area contributed by atoms with E-state index in [1.54, 1.807) is 0 Å². The lowest BCUT2D eigenvalue weighted by Crippen LogP contribution is -2.32. The van der Waals surface area contributed by atoms with Crippen molar-refractivity contribution in [1.82, 2.24) is 0 Å². The summed E-state index contributed by atoms with van der Waals surface area (Å²) in [5.74, 6) is 0.560. The summed E-state index contributed by atoms with van der Waals surface area (Å²) >= 11 is 0. The van der Waals surface area contributed by atoms with E-state index in [9.17, 15) is 4.79 Å². The van der Waals surface area contributed by atoms with Gasteiger partial charge in [0.05, 0.1) is 5.41 Å². The van der Waals surface area contributed by atoms with Crippen LogP contribution in [0, 0.1) is 5.92 Å². The highest BCUT2D eigenvalue weighted by Gasteiger charge is 2.42. The number of hydrogen-bond acceptors (Lipinski definition) is 1. The quantitative estimate of drug-likeness (QED) is 0.745. The summed E-state index contributed by atoms with van der Waals surface area (Å²) in [5.41, 5.74) is 2.22. The molecule has 1 N–H and O–H groups in total. The van der Waals surface area contributed by atoms with E-state index in [4.69, 9.17) is 7.85 Å². The second-order valence-electron chi connectivity index (χ2n) is 5.19. The van der Waals surface area contributed by atoms with Gasteiger partial charge in [-0.3, -0.25) is 4.79 Å². The van der Waals surface area contributed by atoms with Gasteiger partial charge >= 0.3 is 0 Å². The van der Waals surface area contributed by atoms with Gasteiger partial charge < -0.3 is 5.32 Å². The van der Waals surface area contributed by atoms with Gasteiger partial charge in [-0.15, -0.1) is 0 Å². The monoisotopic (exact) mass is 213 g/mol. The molecule has 0 saturated carbocycles. The average molecular weight is 213 g/mol. The molecule has 1 aromatic carbocycles. The van der Waals surface area contributed by atoms with Crippen LogP contribution in [0.4, 0.5) is 5.69 Å². The predicted molar refractivity (Wildman–Crippen MR) is 67.3 cm³/mol. The van der Waals surface area contributed by atoms with E-state index in [0.717, 1.165) is 17.7 Å². The number of rotatable bonds is 2. The third-order valence-corrected chi connectivity index (χ3v) is 3.20. The smallest absolute Gasteiger partial charge is 0.234 e. The van der Waals surface area contributed by atoms with Crippen molar-refractivity contribution in [2.75, 3.05) is 5.32 Å². The number of anilines is 1. The second-order valence-corrected chi connectivity index (χ2v) is 5.19. The van der Waals surface area contributed by atoms with Crippen LogP contribution in [0.1, 0.15) is 32.8 Å². The Morgan fingerprint density at radius 3 is 2.75 bits per heavy atom. The van der Waals surface area contributed by atoms with Crippen molar-refractivity contribution in [3.05, 3.63) is 23.8 Å². The molecule has 2 rings (SSSR count). The van der Waals surface area contributed by atoms with Crippen molar-refractivity contribution in [2.45, 2.75) is 32.6 Å². The average Bonchev–Trinajstić information content (AvgIpc) is 2.40. The van der Waals surface area contributed by atoms with Gasteiger partial charge in [-0.05, 0) is 30.9 Å². The molecule has 1 atom stereocenters. The molecule has 1 aliphatic rings. The third kappa shape index (κ3) is 1.64. The van der Waals surface area contributed by atoms with Gasteiger partial charge in [0.1, 0.15) is 7.85 Å². The fourth-order valence-electron chi connectivity index (χ4n) is 2.53. The fourth-order valence-corrected chi connectivity index (χ4v) is 2.53. The minimum absolute atomic E-state index is 0.0850. The lowest BCUT2D eigenvalue weighted by molar-refractivity contribution is -0.120. The molecular formula is C13H16BNO. The van der Waals surface area contributed by atoms with Crippen LogP contribution in [0.25, 0.3) is 0 Å². The van der Waals surface area contributed by atoms with Gasteiger partial charge in [0.15, 0.2) is 0 Å². The summed E-state index contributed by atoms with van der Waals surface area (Å²) in [5, 5.41) is 2.93. The Hall–Kier alpha value is -1.25. The molecule has 1 unspecified atom stereocenters. The minimum Gasteiger partial charge on any atom is -0.325 e. The highest BCUT2D eigenvalue weighted by Crippen LogP contribution is 2.41. The zero-order valence-electron chi connectivity index (χ0n) is 10.0. The van der Waals surface area contributed by atoms with Crippen LogP contribution in [0.5, 0.6) is 0 Å². The van der Waals surface area contributed by atoms with Crippen LogP contribution < -0.4 is 10.8 Å². The highest BCUT2D eigenvalue weighted by atomic mass is 16.2. The normalized spacial score (nSPS) is 23.4. The molecule has 0 spiro atoms. The first-order valence-corrected chi connectivity index (χ1v) is 5.65. The molecule has 0 saturated heterocycles. The lowest BCUT2D eigenvalue weighted by atomic mass is 9.75. The summed E-state index contributed by atoms with van der Waals surface area (Å²) in [7, 11) is 5.79. The molecule has 0 aliphatic carbocycles. The first-order chi connectivity index (χ1) is 7.43. The van der Waals surface area contributed by atoms with Gasteiger partial charge in [0.25, 0.3) is 0 Å². The van der Waals surface area contributed by atoms with Crippen molar-refractivity contribution in [3.63, 3.8) is 0 Å². The third-order valence-electron chi connectivity index (χ3n) is 3.20. The zero-order chi connectivity index (χ0) is 11.9. The van der Waals surface area contributed by atoms with E-state index in [1.165, 1.54) is 0 Å². The number of amides is 1. The fraction of sp³-hybridized carbons (Fsp3) is 0.462. The first-order valence-electron chi connectivity index (χ1n) is 5.65. The number of carbonyl (C=O) groups is 1. The molecule has 0 bridgehead atoms. The molecule has 82 valence electrons. The summed E-state index contributed by atoms with van der Waals surface area (Å²) in [6.45, 7) is 6.25. The molecule has 1 amide bonds. The Morgan fingerprint density at radius 1 is 1.44 bits per heavy atom. The maximum Gasteiger partial charge on any atom is 0.234 e. The molecule has 3 heteroatoms. The number of benzene rings is 1. The maximum atomic E-state index is 12.0. The minimum atomic E-state index is -0.432. The Morgan fingerprint density at radius 2 is 2.12 bits per heavy atom. The van der Waals surface area contributed by atoms with Crippen LogP contribution in [0.3, 0.4) is 0 Å².